The highest BCUT2D eigenvalue weighted by Crippen LogP contribution is 2.18. The Hall–Kier alpha value is -1.10. The molecule has 0 spiro atoms. The van der Waals surface area contributed by atoms with Crippen molar-refractivity contribution in [1.82, 2.24) is 9.80 Å². The van der Waals surface area contributed by atoms with Crippen molar-refractivity contribution >= 4 is 11.8 Å². The van der Waals surface area contributed by atoms with Crippen LogP contribution in [0.4, 0.5) is 0 Å². The maximum Gasteiger partial charge on any atom is 0.222 e. The molecule has 0 aliphatic carbocycles. The Labute approximate surface area is 122 Å². The quantitative estimate of drug-likeness (QED) is 0.764. The lowest BCUT2D eigenvalue weighted by Gasteiger charge is -2.34. The van der Waals surface area contributed by atoms with E-state index in [-0.39, 0.29) is 11.8 Å². The van der Waals surface area contributed by atoms with E-state index in [0.717, 1.165) is 25.7 Å². The molecule has 0 aromatic carbocycles. The third-order valence-corrected chi connectivity index (χ3v) is 4.12. The van der Waals surface area contributed by atoms with Crippen LogP contribution in [0, 0.1) is 5.92 Å². The second-order valence-corrected chi connectivity index (χ2v) is 5.66. The molecule has 1 aliphatic heterocycles. The van der Waals surface area contributed by atoms with E-state index in [1.165, 1.54) is 0 Å². The van der Waals surface area contributed by atoms with Gasteiger partial charge in [0.05, 0.1) is 0 Å². The minimum Gasteiger partial charge on any atom is -0.339 e. The summed E-state index contributed by atoms with van der Waals surface area (Å²) in [5, 5.41) is 0. The molecular formula is C15H29N3O2. The van der Waals surface area contributed by atoms with Gasteiger partial charge in [0, 0.05) is 39.5 Å². The van der Waals surface area contributed by atoms with Crippen LogP contribution in [-0.2, 0) is 9.59 Å². The molecule has 1 unspecified atom stereocenters. The van der Waals surface area contributed by atoms with Gasteiger partial charge in [0.1, 0.15) is 0 Å². The van der Waals surface area contributed by atoms with E-state index < -0.39 is 0 Å². The van der Waals surface area contributed by atoms with Gasteiger partial charge in [-0.2, -0.15) is 0 Å². The van der Waals surface area contributed by atoms with Crippen molar-refractivity contribution in [3.63, 3.8) is 0 Å². The third kappa shape index (κ3) is 5.49. The molecule has 5 heteroatoms. The summed E-state index contributed by atoms with van der Waals surface area (Å²) in [4.78, 5) is 27.1. The number of hydrogen-bond acceptors (Lipinski definition) is 3. The van der Waals surface area contributed by atoms with E-state index in [0.29, 0.717) is 45.1 Å². The first-order valence-electron chi connectivity index (χ1n) is 7.81. The van der Waals surface area contributed by atoms with E-state index in [1.54, 1.807) is 11.8 Å². The van der Waals surface area contributed by atoms with Gasteiger partial charge in [-0.05, 0) is 25.3 Å². The molecule has 116 valence electrons. The van der Waals surface area contributed by atoms with Crippen LogP contribution in [0.1, 0.15) is 46.0 Å². The predicted molar refractivity (Wildman–Crippen MR) is 80.1 cm³/mol. The molecule has 0 bridgehead atoms. The zero-order valence-corrected chi connectivity index (χ0v) is 12.9. The lowest BCUT2D eigenvalue weighted by molar-refractivity contribution is -0.138. The van der Waals surface area contributed by atoms with Crippen molar-refractivity contribution in [3.8, 4) is 0 Å². The van der Waals surface area contributed by atoms with Crippen molar-refractivity contribution in [1.29, 1.82) is 0 Å². The van der Waals surface area contributed by atoms with Crippen LogP contribution < -0.4 is 5.73 Å². The Morgan fingerprint density at radius 2 is 1.65 bits per heavy atom. The van der Waals surface area contributed by atoms with Crippen LogP contribution in [0.15, 0.2) is 0 Å². The number of rotatable bonds is 7. The molecule has 0 saturated carbocycles. The van der Waals surface area contributed by atoms with E-state index in [9.17, 15) is 9.59 Å². The number of nitrogens with two attached hydrogens (primary N) is 1. The Morgan fingerprint density at radius 1 is 1.05 bits per heavy atom. The molecule has 2 N–H and O–H groups in total. The molecular weight excluding hydrogens is 254 g/mol. The minimum atomic E-state index is 0.100. The van der Waals surface area contributed by atoms with Gasteiger partial charge >= 0.3 is 0 Å². The first kappa shape index (κ1) is 17.0. The molecule has 1 fully saturated rings. The number of carbonyl (C=O) groups is 2. The van der Waals surface area contributed by atoms with Crippen LogP contribution in [0.25, 0.3) is 0 Å². The zero-order valence-electron chi connectivity index (χ0n) is 12.9. The van der Waals surface area contributed by atoms with Crippen LogP contribution in [-0.4, -0.2) is 54.3 Å². The van der Waals surface area contributed by atoms with Gasteiger partial charge in [0.25, 0.3) is 0 Å². The van der Waals surface area contributed by atoms with Gasteiger partial charge in [-0.15, -0.1) is 0 Å². The Morgan fingerprint density at radius 3 is 2.15 bits per heavy atom. The van der Waals surface area contributed by atoms with Crippen molar-refractivity contribution in [3.05, 3.63) is 0 Å². The normalized spacial score (nSPS) is 17.1. The topological polar surface area (TPSA) is 66.6 Å². The SMILES string of the molecule is CCCC(CCN)CCC(=O)N1CCN(C(C)=O)CC1. The van der Waals surface area contributed by atoms with Crippen LogP contribution in [0.2, 0.25) is 0 Å². The molecule has 5 nitrogen and oxygen atoms in total. The molecule has 1 rings (SSSR count). The van der Waals surface area contributed by atoms with Gasteiger partial charge < -0.3 is 15.5 Å². The Bertz CT molecular complexity index is 306. The fourth-order valence-corrected chi connectivity index (χ4v) is 2.83. The Balaban J connectivity index is 2.30. The summed E-state index contributed by atoms with van der Waals surface area (Å²) >= 11 is 0. The van der Waals surface area contributed by atoms with E-state index in [1.807, 2.05) is 4.90 Å². The van der Waals surface area contributed by atoms with Gasteiger partial charge in [-0.3, -0.25) is 9.59 Å². The molecule has 1 atom stereocenters. The highest BCUT2D eigenvalue weighted by atomic mass is 16.2. The fourth-order valence-electron chi connectivity index (χ4n) is 2.83. The van der Waals surface area contributed by atoms with E-state index in [4.69, 9.17) is 5.73 Å². The smallest absolute Gasteiger partial charge is 0.222 e. The number of hydrogen-bond donors (Lipinski definition) is 1. The average molecular weight is 283 g/mol. The second kappa shape index (κ2) is 8.95. The second-order valence-electron chi connectivity index (χ2n) is 5.66. The maximum absolute atomic E-state index is 12.2. The van der Waals surface area contributed by atoms with Crippen LogP contribution in [0.3, 0.4) is 0 Å². The van der Waals surface area contributed by atoms with Gasteiger partial charge in [0.2, 0.25) is 11.8 Å². The number of carbonyl (C=O) groups excluding carboxylic acids is 2. The summed E-state index contributed by atoms with van der Waals surface area (Å²) in [6.07, 6.45) is 4.87. The Kier molecular flexibility index (Phi) is 7.59. The largest absolute Gasteiger partial charge is 0.339 e. The maximum atomic E-state index is 12.2. The molecule has 1 aliphatic rings. The highest BCUT2D eigenvalue weighted by molar-refractivity contribution is 5.77. The highest BCUT2D eigenvalue weighted by Gasteiger charge is 2.22. The lowest BCUT2D eigenvalue weighted by atomic mass is 9.94. The van der Waals surface area contributed by atoms with Gasteiger partial charge in [-0.1, -0.05) is 19.8 Å². The molecule has 2 amide bonds. The monoisotopic (exact) mass is 283 g/mol. The first-order valence-corrected chi connectivity index (χ1v) is 7.81. The first-order chi connectivity index (χ1) is 9.58. The molecule has 1 saturated heterocycles. The summed E-state index contributed by atoms with van der Waals surface area (Å²) in [6.45, 7) is 7.15. The summed E-state index contributed by atoms with van der Waals surface area (Å²) in [7, 11) is 0. The number of piperazine rings is 1. The fraction of sp³-hybridized carbons (Fsp3) is 0.867. The molecule has 20 heavy (non-hydrogen) atoms. The van der Waals surface area contributed by atoms with Crippen molar-refractivity contribution in [2.75, 3.05) is 32.7 Å². The number of nitrogens with zero attached hydrogens (tertiary/aromatic N) is 2. The zero-order chi connectivity index (χ0) is 15.0. The lowest BCUT2D eigenvalue weighted by Crippen LogP contribution is -2.50. The summed E-state index contributed by atoms with van der Waals surface area (Å²) in [5.74, 6) is 0.904. The summed E-state index contributed by atoms with van der Waals surface area (Å²) < 4.78 is 0. The molecule has 0 radical (unpaired) electrons. The third-order valence-electron chi connectivity index (χ3n) is 4.12. The van der Waals surface area contributed by atoms with Crippen LogP contribution in [0.5, 0.6) is 0 Å². The number of amides is 2. The predicted octanol–water partition coefficient (Wildman–Crippen LogP) is 1.22. The van der Waals surface area contributed by atoms with Crippen molar-refractivity contribution < 1.29 is 9.59 Å². The van der Waals surface area contributed by atoms with E-state index in [2.05, 4.69) is 6.92 Å². The molecule has 0 aromatic rings. The van der Waals surface area contributed by atoms with Gasteiger partial charge in [0.15, 0.2) is 0 Å². The summed E-state index contributed by atoms with van der Waals surface area (Å²) in [6, 6.07) is 0. The summed E-state index contributed by atoms with van der Waals surface area (Å²) in [5.41, 5.74) is 5.62. The standard InChI is InChI=1S/C15H29N3O2/c1-3-4-14(7-8-16)5-6-15(20)18-11-9-17(10-12-18)13(2)19/h14H,3-12,16H2,1-2H3. The van der Waals surface area contributed by atoms with Crippen molar-refractivity contribution in [2.45, 2.75) is 46.0 Å². The van der Waals surface area contributed by atoms with Crippen molar-refractivity contribution in [2.24, 2.45) is 11.7 Å². The molecule has 1 heterocycles. The van der Waals surface area contributed by atoms with Gasteiger partial charge in [-0.25, -0.2) is 0 Å². The molecule has 0 aromatic heterocycles. The average Bonchev–Trinajstić information content (AvgIpc) is 2.45. The van der Waals surface area contributed by atoms with Crippen LogP contribution >= 0.6 is 0 Å². The minimum absolute atomic E-state index is 0.100. The van der Waals surface area contributed by atoms with E-state index >= 15 is 0 Å².